The number of hydrogen-bond donors (Lipinski definition) is 0. The average Bonchev–Trinajstić information content (AvgIpc) is 2.64. The van der Waals surface area contributed by atoms with Crippen molar-refractivity contribution in [1.29, 1.82) is 0 Å². The van der Waals surface area contributed by atoms with Crippen LogP contribution in [0.1, 0.15) is 29.5 Å². The lowest BCUT2D eigenvalue weighted by atomic mass is 10.0. The number of esters is 1. The Morgan fingerprint density at radius 2 is 2.00 bits per heavy atom. The van der Waals surface area contributed by atoms with Crippen LogP contribution in [0.2, 0.25) is 0 Å². The van der Waals surface area contributed by atoms with E-state index in [0.29, 0.717) is 12.2 Å². The summed E-state index contributed by atoms with van der Waals surface area (Å²) in [6.07, 6.45) is 0.731. The normalized spacial score (nSPS) is 20.9. The Kier molecular flexibility index (Phi) is 4.18. The zero-order chi connectivity index (χ0) is 14.9. The summed E-state index contributed by atoms with van der Waals surface area (Å²) in [5, 5.41) is 0. The van der Waals surface area contributed by atoms with Crippen molar-refractivity contribution >= 4 is 15.8 Å². The van der Waals surface area contributed by atoms with Crippen molar-refractivity contribution in [2.75, 3.05) is 11.5 Å². The van der Waals surface area contributed by atoms with Crippen molar-refractivity contribution < 1.29 is 17.9 Å². The zero-order valence-corrected chi connectivity index (χ0v) is 12.9. The first-order chi connectivity index (χ1) is 9.27. The van der Waals surface area contributed by atoms with Crippen molar-refractivity contribution in [1.82, 2.24) is 0 Å². The number of rotatable bonds is 3. The highest BCUT2D eigenvalue weighted by atomic mass is 32.2. The second-order valence-corrected chi connectivity index (χ2v) is 7.88. The third kappa shape index (κ3) is 3.60. The SMILES string of the molecule is Cc1cc(C)c(C)c(OC(=O)CC2CCS(=O)(=O)C2)c1. The molecular formula is C15H20O4S. The Bertz CT molecular complexity index is 632. The predicted octanol–water partition coefficient (Wildman–Crippen LogP) is 2.34. The van der Waals surface area contributed by atoms with Crippen molar-refractivity contribution in [2.24, 2.45) is 5.92 Å². The number of sulfone groups is 1. The molecule has 0 bridgehead atoms. The van der Waals surface area contributed by atoms with Crippen molar-refractivity contribution in [2.45, 2.75) is 33.6 Å². The quantitative estimate of drug-likeness (QED) is 0.634. The number of hydrogen-bond acceptors (Lipinski definition) is 4. The van der Waals surface area contributed by atoms with E-state index in [1.807, 2.05) is 32.9 Å². The van der Waals surface area contributed by atoms with E-state index in [9.17, 15) is 13.2 Å². The van der Waals surface area contributed by atoms with Crippen LogP contribution in [-0.2, 0) is 14.6 Å². The maximum atomic E-state index is 11.9. The zero-order valence-electron chi connectivity index (χ0n) is 12.1. The first-order valence-corrected chi connectivity index (χ1v) is 8.58. The van der Waals surface area contributed by atoms with Crippen LogP contribution in [0.5, 0.6) is 5.75 Å². The van der Waals surface area contributed by atoms with E-state index >= 15 is 0 Å². The van der Waals surface area contributed by atoms with Crippen molar-refractivity contribution in [3.05, 3.63) is 28.8 Å². The standard InChI is InChI=1S/C15H20O4S/c1-10-6-11(2)12(3)14(7-10)19-15(16)8-13-4-5-20(17,18)9-13/h6-7,13H,4-5,8-9H2,1-3H3. The summed E-state index contributed by atoms with van der Waals surface area (Å²) in [6, 6.07) is 3.88. The van der Waals surface area contributed by atoms with Gasteiger partial charge in [-0.2, -0.15) is 0 Å². The molecule has 1 heterocycles. The molecule has 0 spiro atoms. The lowest BCUT2D eigenvalue weighted by Gasteiger charge is -2.12. The van der Waals surface area contributed by atoms with Gasteiger partial charge in [-0.15, -0.1) is 0 Å². The highest BCUT2D eigenvalue weighted by Gasteiger charge is 2.30. The Labute approximate surface area is 120 Å². The van der Waals surface area contributed by atoms with Gasteiger partial charge in [0.1, 0.15) is 5.75 Å². The molecule has 1 unspecified atom stereocenters. The molecule has 0 radical (unpaired) electrons. The monoisotopic (exact) mass is 296 g/mol. The number of aryl methyl sites for hydroxylation is 2. The van der Waals surface area contributed by atoms with E-state index in [4.69, 9.17) is 4.74 Å². The number of carbonyl (C=O) groups is 1. The lowest BCUT2D eigenvalue weighted by Crippen LogP contribution is -2.16. The fraction of sp³-hybridized carbons (Fsp3) is 0.533. The maximum absolute atomic E-state index is 11.9. The molecule has 1 aromatic carbocycles. The molecule has 1 aliphatic heterocycles. The first kappa shape index (κ1) is 15.0. The van der Waals surface area contributed by atoms with E-state index in [-0.39, 0.29) is 29.8 Å². The lowest BCUT2D eigenvalue weighted by molar-refractivity contribution is -0.135. The maximum Gasteiger partial charge on any atom is 0.311 e. The summed E-state index contributed by atoms with van der Waals surface area (Å²) in [7, 11) is -2.94. The number of benzene rings is 1. The van der Waals surface area contributed by atoms with Crippen LogP contribution in [0.4, 0.5) is 0 Å². The smallest absolute Gasteiger partial charge is 0.311 e. The minimum absolute atomic E-state index is 0.0984. The Hall–Kier alpha value is -1.36. The van der Waals surface area contributed by atoms with Crippen LogP contribution in [0.25, 0.3) is 0 Å². The van der Waals surface area contributed by atoms with Crippen molar-refractivity contribution in [3.63, 3.8) is 0 Å². The summed E-state index contributed by atoms with van der Waals surface area (Å²) >= 11 is 0. The van der Waals surface area contributed by atoms with Gasteiger partial charge in [-0.05, 0) is 55.9 Å². The molecule has 1 saturated heterocycles. The van der Waals surface area contributed by atoms with Gasteiger partial charge in [0.05, 0.1) is 11.5 Å². The van der Waals surface area contributed by atoms with Crippen LogP contribution in [0, 0.1) is 26.7 Å². The second-order valence-electron chi connectivity index (χ2n) is 5.65. The molecule has 1 aromatic rings. The van der Waals surface area contributed by atoms with E-state index in [2.05, 4.69) is 0 Å². The van der Waals surface area contributed by atoms with Gasteiger partial charge in [0.15, 0.2) is 9.84 Å². The van der Waals surface area contributed by atoms with Crippen LogP contribution < -0.4 is 4.74 Å². The molecule has 1 aliphatic rings. The highest BCUT2D eigenvalue weighted by Crippen LogP contribution is 2.26. The molecule has 2 rings (SSSR count). The summed E-state index contributed by atoms with van der Waals surface area (Å²) in [4.78, 5) is 11.9. The van der Waals surface area contributed by atoms with Crippen molar-refractivity contribution in [3.8, 4) is 5.75 Å². The van der Waals surface area contributed by atoms with Gasteiger partial charge in [-0.25, -0.2) is 8.42 Å². The fourth-order valence-electron chi connectivity index (χ4n) is 2.54. The summed E-state index contributed by atoms with van der Waals surface area (Å²) in [5.41, 5.74) is 3.07. The molecule has 0 aliphatic carbocycles. The molecular weight excluding hydrogens is 276 g/mol. The predicted molar refractivity (Wildman–Crippen MR) is 77.7 cm³/mol. The number of ether oxygens (including phenoxy) is 1. The van der Waals surface area contributed by atoms with E-state index in [1.165, 1.54) is 0 Å². The topological polar surface area (TPSA) is 60.4 Å². The van der Waals surface area contributed by atoms with Gasteiger partial charge in [0, 0.05) is 6.42 Å². The van der Waals surface area contributed by atoms with Gasteiger partial charge in [-0.3, -0.25) is 4.79 Å². The van der Waals surface area contributed by atoms with Gasteiger partial charge >= 0.3 is 5.97 Å². The van der Waals surface area contributed by atoms with Gasteiger partial charge in [-0.1, -0.05) is 6.07 Å². The molecule has 0 amide bonds. The summed E-state index contributed by atoms with van der Waals surface area (Å²) < 4.78 is 28.1. The Morgan fingerprint density at radius 3 is 2.60 bits per heavy atom. The minimum Gasteiger partial charge on any atom is -0.426 e. The summed E-state index contributed by atoms with van der Waals surface area (Å²) in [5.74, 6) is 0.425. The fourth-order valence-corrected chi connectivity index (χ4v) is 4.40. The molecule has 20 heavy (non-hydrogen) atoms. The van der Waals surface area contributed by atoms with Gasteiger partial charge < -0.3 is 4.74 Å². The average molecular weight is 296 g/mol. The molecule has 0 N–H and O–H groups in total. The molecule has 1 atom stereocenters. The van der Waals surface area contributed by atoms with E-state index in [0.717, 1.165) is 16.7 Å². The van der Waals surface area contributed by atoms with Crippen LogP contribution in [-0.4, -0.2) is 25.9 Å². The molecule has 5 heteroatoms. The Balaban J connectivity index is 2.02. The highest BCUT2D eigenvalue weighted by molar-refractivity contribution is 7.91. The third-order valence-corrected chi connectivity index (χ3v) is 5.61. The second kappa shape index (κ2) is 5.56. The van der Waals surface area contributed by atoms with E-state index in [1.54, 1.807) is 0 Å². The largest absolute Gasteiger partial charge is 0.426 e. The van der Waals surface area contributed by atoms with Gasteiger partial charge in [0.2, 0.25) is 0 Å². The molecule has 0 saturated carbocycles. The summed E-state index contributed by atoms with van der Waals surface area (Å²) in [6.45, 7) is 5.84. The Morgan fingerprint density at radius 1 is 1.30 bits per heavy atom. The third-order valence-electron chi connectivity index (χ3n) is 3.77. The molecule has 1 fully saturated rings. The van der Waals surface area contributed by atoms with Crippen LogP contribution >= 0.6 is 0 Å². The number of carbonyl (C=O) groups excluding carboxylic acids is 1. The first-order valence-electron chi connectivity index (χ1n) is 6.76. The van der Waals surface area contributed by atoms with Crippen LogP contribution in [0.3, 0.4) is 0 Å². The molecule has 110 valence electrons. The molecule has 4 nitrogen and oxygen atoms in total. The van der Waals surface area contributed by atoms with Crippen LogP contribution in [0.15, 0.2) is 12.1 Å². The van der Waals surface area contributed by atoms with E-state index < -0.39 is 9.84 Å². The minimum atomic E-state index is -2.94. The van der Waals surface area contributed by atoms with Gasteiger partial charge in [0.25, 0.3) is 0 Å². The molecule has 0 aromatic heterocycles.